The van der Waals surface area contributed by atoms with Gasteiger partial charge in [-0.2, -0.15) is 0 Å². The number of carbonyl (C=O) groups is 1. The second-order valence-corrected chi connectivity index (χ2v) is 5.81. The second-order valence-electron chi connectivity index (χ2n) is 4.82. The first kappa shape index (κ1) is 14.3. The van der Waals surface area contributed by atoms with E-state index in [2.05, 4.69) is 4.98 Å². The van der Waals surface area contributed by atoms with Crippen molar-refractivity contribution in [2.24, 2.45) is 5.92 Å². The summed E-state index contributed by atoms with van der Waals surface area (Å²) in [4.78, 5) is 18.2. The third-order valence-electron chi connectivity index (χ3n) is 3.43. The van der Waals surface area contributed by atoms with Gasteiger partial charge in [-0.05, 0) is 30.9 Å². The molecule has 1 N–H and O–H groups in total. The molecule has 104 valence electrons. The van der Waals surface area contributed by atoms with Crippen LogP contribution in [0.15, 0.2) is 24.4 Å². The summed E-state index contributed by atoms with van der Waals surface area (Å²) < 4.78 is 0. The summed E-state index contributed by atoms with van der Waals surface area (Å²) in [6.45, 7) is 1.82. The normalized spacial score (nSPS) is 16.6. The van der Waals surface area contributed by atoms with E-state index in [-0.39, 0.29) is 12.5 Å². The molecule has 0 atom stereocenters. The maximum absolute atomic E-state index is 12.0. The summed E-state index contributed by atoms with van der Waals surface area (Å²) in [6, 6.07) is 5.83. The van der Waals surface area contributed by atoms with Crippen molar-refractivity contribution in [1.82, 2.24) is 9.88 Å². The van der Waals surface area contributed by atoms with Crippen molar-refractivity contribution in [1.29, 1.82) is 0 Å². The van der Waals surface area contributed by atoms with Crippen molar-refractivity contribution in [3.8, 4) is 0 Å². The Labute approximate surface area is 118 Å². The zero-order chi connectivity index (χ0) is 13.5. The van der Waals surface area contributed by atoms with Gasteiger partial charge in [0.25, 0.3) is 0 Å². The van der Waals surface area contributed by atoms with Crippen molar-refractivity contribution in [2.45, 2.75) is 18.6 Å². The van der Waals surface area contributed by atoms with E-state index in [1.165, 1.54) is 0 Å². The minimum atomic E-state index is 0.206. The zero-order valence-corrected chi connectivity index (χ0v) is 11.8. The topological polar surface area (TPSA) is 53.4 Å². The van der Waals surface area contributed by atoms with Crippen LogP contribution < -0.4 is 0 Å². The third-order valence-corrected chi connectivity index (χ3v) is 4.38. The van der Waals surface area contributed by atoms with Gasteiger partial charge in [-0.1, -0.05) is 6.07 Å². The SMILES string of the molecule is O=C(CSCc1ccccn1)N1CCC(CO)CC1. The smallest absolute Gasteiger partial charge is 0.232 e. The van der Waals surface area contributed by atoms with E-state index >= 15 is 0 Å². The molecule has 1 saturated heterocycles. The number of aromatic nitrogens is 1. The molecule has 0 radical (unpaired) electrons. The van der Waals surface area contributed by atoms with E-state index in [4.69, 9.17) is 5.11 Å². The number of nitrogens with zero attached hydrogens (tertiary/aromatic N) is 2. The summed E-state index contributed by atoms with van der Waals surface area (Å²) >= 11 is 1.61. The van der Waals surface area contributed by atoms with Crippen LogP contribution in [0.4, 0.5) is 0 Å². The molecule has 1 fully saturated rings. The standard InChI is InChI=1S/C14H20N2O2S/c17-9-12-4-7-16(8-5-12)14(18)11-19-10-13-3-1-2-6-15-13/h1-3,6,12,17H,4-5,7-11H2. The van der Waals surface area contributed by atoms with Crippen molar-refractivity contribution in [3.05, 3.63) is 30.1 Å². The predicted molar refractivity (Wildman–Crippen MR) is 76.8 cm³/mol. The Morgan fingerprint density at radius 3 is 2.84 bits per heavy atom. The van der Waals surface area contributed by atoms with Crippen LogP contribution in [0.3, 0.4) is 0 Å². The zero-order valence-electron chi connectivity index (χ0n) is 11.0. The number of likely N-dealkylation sites (tertiary alicyclic amines) is 1. The molecule has 2 rings (SSSR count). The highest BCUT2D eigenvalue weighted by Crippen LogP contribution is 2.18. The van der Waals surface area contributed by atoms with E-state index in [0.29, 0.717) is 11.7 Å². The van der Waals surface area contributed by atoms with E-state index < -0.39 is 0 Å². The molecule has 2 heterocycles. The number of carbonyl (C=O) groups excluding carboxylic acids is 1. The molecule has 1 aromatic heterocycles. The Bertz CT molecular complexity index is 392. The number of hydrogen-bond donors (Lipinski definition) is 1. The number of piperidine rings is 1. The van der Waals surface area contributed by atoms with Gasteiger partial charge in [-0.15, -0.1) is 11.8 Å². The summed E-state index contributed by atoms with van der Waals surface area (Å²) in [7, 11) is 0. The highest BCUT2D eigenvalue weighted by atomic mass is 32.2. The van der Waals surface area contributed by atoms with Crippen LogP contribution in [0.2, 0.25) is 0 Å². The van der Waals surface area contributed by atoms with Crippen LogP contribution in [-0.2, 0) is 10.5 Å². The minimum Gasteiger partial charge on any atom is -0.396 e. The first-order valence-corrected chi connectivity index (χ1v) is 7.81. The van der Waals surface area contributed by atoms with Gasteiger partial charge in [0.1, 0.15) is 0 Å². The van der Waals surface area contributed by atoms with Crippen LogP contribution in [0.25, 0.3) is 0 Å². The molecule has 0 saturated carbocycles. The number of rotatable bonds is 5. The van der Waals surface area contributed by atoms with Gasteiger partial charge < -0.3 is 10.0 Å². The third kappa shape index (κ3) is 4.51. The second kappa shape index (κ2) is 7.50. The predicted octanol–water partition coefficient (Wildman–Crippen LogP) is 1.55. The fraction of sp³-hybridized carbons (Fsp3) is 0.571. The molecule has 1 aliphatic heterocycles. The summed E-state index contributed by atoms with van der Waals surface area (Å²) in [5.41, 5.74) is 1.01. The lowest BCUT2D eigenvalue weighted by Gasteiger charge is -2.31. The lowest BCUT2D eigenvalue weighted by molar-refractivity contribution is -0.129. The molecule has 1 aromatic rings. The maximum atomic E-state index is 12.0. The van der Waals surface area contributed by atoms with Crippen LogP contribution in [0, 0.1) is 5.92 Å². The van der Waals surface area contributed by atoms with Crippen LogP contribution in [0.5, 0.6) is 0 Å². The number of amides is 1. The molecule has 0 aliphatic carbocycles. The molecule has 0 spiro atoms. The van der Waals surface area contributed by atoms with Gasteiger partial charge >= 0.3 is 0 Å². The molecule has 5 heteroatoms. The van der Waals surface area contributed by atoms with E-state index in [1.54, 1.807) is 18.0 Å². The van der Waals surface area contributed by atoms with Gasteiger partial charge in [-0.3, -0.25) is 9.78 Å². The number of hydrogen-bond acceptors (Lipinski definition) is 4. The number of pyridine rings is 1. The monoisotopic (exact) mass is 280 g/mol. The molecular weight excluding hydrogens is 260 g/mol. The number of thioether (sulfide) groups is 1. The highest BCUT2D eigenvalue weighted by Gasteiger charge is 2.21. The highest BCUT2D eigenvalue weighted by molar-refractivity contribution is 7.99. The fourth-order valence-electron chi connectivity index (χ4n) is 2.18. The van der Waals surface area contributed by atoms with Crippen molar-refractivity contribution in [2.75, 3.05) is 25.4 Å². The lowest BCUT2D eigenvalue weighted by Crippen LogP contribution is -2.40. The average molecular weight is 280 g/mol. The average Bonchev–Trinajstić information content (AvgIpc) is 2.48. The lowest BCUT2D eigenvalue weighted by atomic mass is 9.98. The molecule has 1 aliphatic rings. The van der Waals surface area contributed by atoms with E-state index in [9.17, 15) is 4.79 Å². The van der Waals surface area contributed by atoms with Crippen molar-refractivity contribution < 1.29 is 9.90 Å². The van der Waals surface area contributed by atoms with E-state index in [1.807, 2.05) is 23.1 Å². The summed E-state index contributed by atoms with van der Waals surface area (Å²) in [5.74, 6) is 1.88. The van der Waals surface area contributed by atoms with Crippen LogP contribution >= 0.6 is 11.8 Å². The van der Waals surface area contributed by atoms with Gasteiger partial charge in [0.05, 0.1) is 11.4 Å². The Balaban J connectivity index is 1.67. The van der Waals surface area contributed by atoms with Crippen LogP contribution in [-0.4, -0.2) is 46.3 Å². The Hall–Kier alpha value is -1.07. The number of aliphatic hydroxyl groups excluding tert-OH is 1. The van der Waals surface area contributed by atoms with Gasteiger partial charge in [0, 0.05) is 31.6 Å². The van der Waals surface area contributed by atoms with Gasteiger partial charge in [-0.25, -0.2) is 0 Å². The molecule has 0 bridgehead atoms. The molecule has 0 aromatic carbocycles. The summed E-state index contributed by atoms with van der Waals surface area (Å²) in [6.07, 6.45) is 3.62. The molecule has 1 amide bonds. The fourth-order valence-corrected chi connectivity index (χ4v) is 3.02. The Morgan fingerprint density at radius 1 is 1.42 bits per heavy atom. The van der Waals surface area contributed by atoms with Gasteiger partial charge in [0.15, 0.2) is 0 Å². The van der Waals surface area contributed by atoms with Crippen molar-refractivity contribution >= 4 is 17.7 Å². The van der Waals surface area contributed by atoms with E-state index in [0.717, 1.165) is 37.4 Å². The first-order valence-electron chi connectivity index (χ1n) is 6.66. The Morgan fingerprint density at radius 2 is 2.21 bits per heavy atom. The Kier molecular flexibility index (Phi) is 5.66. The minimum absolute atomic E-state index is 0.206. The molecule has 19 heavy (non-hydrogen) atoms. The first-order chi connectivity index (χ1) is 9.29. The van der Waals surface area contributed by atoms with Gasteiger partial charge in [0.2, 0.25) is 5.91 Å². The molecule has 4 nitrogen and oxygen atoms in total. The molecular formula is C14H20N2O2S. The number of aliphatic hydroxyl groups is 1. The summed E-state index contributed by atoms with van der Waals surface area (Å²) in [5, 5.41) is 9.07. The van der Waals surface area contributed by atoms with Crippen LogP contribution in [0.1, 0.15) is 18.5 Å². The largest absolute Gasteiger partial charge is 0.396 e. The molecule has 0 unspecified atom stereocenters. The van der Waals surface area contributed by atoms with Crippen molar-refractivity contribution in [3.63, 3.8) is 0 Å². The quantitative estimate of drug-likeness (QED) is 0.889. The maximum Gasteiger partial charge on any atom is 0.232 e.